The van der Waals surface area contributed by atoms with E-state index in [1.54, 1.807) is 24.3 Å². The van der Waals surface area contributed by atoms with E-state index in [1.807, 2.05) is 75.4 Å². The summed E-state index contributed by atoms with van der Waals surface area (Å²) in [6.45, 7) is 11.5. The zero-order chi connectivity index (χ0) is 31.8. The third-order valence-electron chi connectivity index (χ3n) is 8.64. The van der Waals surface area contributed by atoms with Gasteiger partial charge in [-0.15, -0.1) is 0 Å². The van der Waals surface area contributed by atoms with Crippen LogP contribution in [-0.4, -0.2) is 29.0 Å². The lowest BCUT2D eigenvalue weighted by Crippen LogP contribution is -2.33. The van der Waals surface area contributed by atoms with Crippen LogP contribution in [-0.2, 0) is 15.0 Å². The molecule has 1 aliphatic carbocycles. The molecule has 3 aromatic rings. The number of imide groups is 1. The predicted octanol–water partition coefficient (Wildman–Crippen LogP) is 7.29. The lowest BCUT2D eigenvalue weighted by Gasteiger charge is -2.31. The van der Waals surface area contributed by atoms with Gasteiger partial charge in [-0.05, 0) is 86.0 Å². The second-order valence-electron chi connectivity index (χ2n) is 12.3. The molecular formula is C37H37NO6. The van der Waals surface area contributed by atoms with E-state index in [4.69, 9.17) is 9.47 Å². The zero-order valence-corrected chi connectivity index (χ0v) is 25.9. The van der Waals surface area contributed by atoms with Gasteiger partial charge in [-0.3, -0.25) is 24.5 Å². The Bertz CT molecular complexity index is 1710. The van der Waals surface area contributed by atoms with Gasteiger partial charge < -0.3 is 9.47 Å². The quantitative estimate of drug-likeness (QED) is 0.196. The van der Waals surface area contributed by atoms with Crippen LogP contribution in [0.25, 0.3) is 0 Å². The molecule has 2 unspecified atom stereocenters. The highest BCUT2D eigenvalue weighted by molar-refractivity contribution is 6.21. The summed E-state index contributed by atoms with van der Waals surface area (Å²) in [5.41, 5.74) is 2.76. The number of benzene rings is 3. The Balaban J connectivity index is 1.28. The van der Waals surface area contributed by atoms with E-state index < -0.39 is 5.60 Å². The Morgan fingerprint density at radius 2 is 1.48 bits per heavy atom. The molecule has 7 nitrogen and oxygen atoms in total. The number of rotatable bonds is 10. The van der Waals surface area contributed by atoms with Crippen molar-refractivity contribution >= 4 is 23.4 Å². The molecule has 2 amide bonds. The summed E-state index contributed by atoms with van der Waals surface area (Å²) < 4.78 is 12.4. The molecule has 2 aliphatic rings. The van der Waals surface area contributed by atoms with Gasteiger partial charge in [-0.1, -0.05) is 52.0 Å². The Kier molecular flexibility index (Phi) is 8.17. The summed E-state index contributed by atoms with van der Waals surface area (Å²) in [4.78, 5) is 49.2. The number of ether oxygens (including phenoxy) is 2. The van der Waals surface area contributed by atoms with Crippen LogP contribution in [0.1, 0.15) is 86.2 Å². The van der Waals surface area contributed by atoms with Crippen LogP contribution in [0.5, 0.6) is 17.2 Å². The number of amides is 2. The molecule has 0 spiro atoms. The van der Waals surface area contributed by atoms with Gasteiger partial charge in [0.15, 0.2) is 11.6 Å². The van der Waals surface area contributed by atoms with E-state index in [0.717, 1.165) is 11.1 Å². The maximum Gasteiger partial charge on any atom is 0.258 e. The Morgan fingerprint density at radius 3 is 2.07 bits per heavy atom. The fourth-order valence-corrected chi connectivity index (χ4v) is 5.60. The number of carbonyl (C=O) groups is 4. The molecule has 1 N–H and O–H groups in total. The average Bonchev–Trinajstić information content (AvgIpc) is 3.27. The first-order chi connectivity index (χ1) is 20.8. The van der Waals surface area contributed by atoms with Gasteiger partial charge in [-0.2, -0.15) is 0 Å². The van der Waals surface area contributed by atoms with Crippen molar-refractivity contribution in [2.24, 2.45) is 5.92 Å². The largest absolute Gasteiger partial charge is 0.483 e. The summed E-state index contributed by atoms with van der Waals surface area (Å²) in [7, 11) is 0. The van der Waals surface area contributed by atoms with Crippen molar-refractivity contribution in [1.29, 1.82) is 0 Å². The van der Waals surface area contributed by atoms with E-state index in [2.05, 4.69) is 19.2 Å². The fraction of sp³-hybridized carbons (Fsp3) is 0.297. The zero-order valence-electron chi connectivity index (χ0n) is 25.9. The summed E-state index contributed by atoms with van der Waals surface area (Å²) >= 11 is 0. The average molecular weight is 592 g/mol. The molecule has 0 bridgehead atoms. The predicted molar refractivity (Wildman–Crippen MR) is 168 cm³/mol. The minimum Gasteiger partial charge on any atom is -0.483 e. The highest BCUT2D eigenvalue weighted by atomic mass is 16.5. The highest BCUT2D eigenvalue weighted by Gasteiger charge is 2.38. The molecule has 0 saturated carbocycles. The molecule has 226 valence electrons. The number of hydrogen-bond acceptors (Lipinski definition) is 6. The van der Waals surface area contributed by atoms with Crippen LogP contribution in [0.3, 0.4) is 0 Å². The molecule has 5 rings (SSSR count). The molecule has 7 heteroatoms. The molecule has 1 heterocycles. The summed E-state index contributed by atoms with van der Waals surface area (Å²) in [5.74, 6) is 0.660. The summed E-state index contributed by atoms with van der Waals surface area (Å²) in [6.07, 6.45) is 4.49. The maximum absolute atomic E-state index is 12.9. The molecule has 1 aliphatic heterocycles. The lowest BCUT2D eigenvalue weighted by molar-refractivity contribution is -0.124. The van der Waals surface area contributed by atoms with Gasteiger partial charge >= 0.3 is 0 Å². The number of nitrogens with one attached hydrogen (secondary N) is 1. The van der Waals surface area contributed by atoms with Crippen LogP contribution in [0.4, 0.5) is 0 Å². The van der Waals surface area contributed by atoms with Gasteiger partial charge in [0.1, 0.15) is 22.8 Å². The number of Topliss-reactive ketones (excluding diaryl/α,β-unsaturated/α-hetero) is 2. The third-order valence-corrected chi connectivity index (χ3v) is 8.64. The van der Waals surface area contributed by atoms with Gasteiger partial charge in [0.25, 0.3) is 11.8 Å². The fourth-order valence-electron chi connectivity index (χ4n) is 5.60. The smallest absolute Gasteiger partial charge is 0.258 e. The van der Waals surface area contributed by atoms with Crippen molar-refractivity contribution in [3.8, 4) is 17.2 Å². The second kappa shape index (κ2) is 11.7. The van der Waals surface area contributed by atoms with E-state index >= 15 is 0 Å². The number of hydrogen-bond donors (Lipinski definition) is 1. The molecule has 0 aromatic heterocycles. The number of carbonyl (C=O) groups excluding carboxylic acids is 4. The van der Waals surface area contributed by atoms with E-state index in [9.17, 15) is 19.2 Å². The first-order valence-corrected chi connectivity index (χ1v) is 14.9. The van der Waals surface area contributed by atoms with E-state index in [0.29, 0.717) is 52.4 Å². The topological polar surface area (TPSA) is 98.8 Å². The molecule has 0 radical (unpaired) electrons. The van der Waals surface area contributed by atoms with Crippen LogP contribution in [0.15, 0.2) is 90.0 Å². The van der Waals surface area contributed by atoms with E-state index in [1.165, 1.54) is 6.92 Å². The van der Waals surface area contributed by atoms with Crippen molar-refractivity contribution in [2.75, 3.05) is 0 Å². The molecule has 3 aromatic carbocycles. The van der Waals surface area contributed by atoms with Crippen molar-refractivity contribution in [2.45, 2.75) is 65.4 Å². The Morgan fingerprint density at radius 1 is 0.886 bits per heavy atom. The monoisotopic (exact) mass is 591 g/mol. The van der Waals surface area contributed by atoms with Crippen LogP contribution < -0.4 is 14.8 Å². The molecule has 44 heavy (non-hydrogen) atoms. The third kappa shape index (κ3) is 6.00. The molecule has 2 atom stereocenters. The Hall–Kier alpha value is -4.78. The van der Waals surface area contributed by atoms with Gasteiger partial charge in [0.05, 0.1) is 0 Å². The number of ketones is 2. The molecule has 0 saturated heterocycles. The van der Waals surface area contributed by atoms with Crippen LogP contribution in [0, 0.1) is 5.92 Å². The van der Waals surface area contributed by atoms with Gasteiger partial charge in [0.2, 0.25) is 0 Å². The molecular weight excluding hydrogens is 554 g/mol. The van der Waals surface area contributed by atoms with Gasteiger partial charge in [-0.25, -0.2) is 0 Å². The van der Waals surface area contributed by atoms with Gasteiger partial charge in [0, 0.05) is 40.0 Å². The van der Waals surface area contributed by atoms with Crippen molar-refractivity contribution in [1.82, 2.24) is 5.32 Å². The SMILES string of the molecule is CCC(C)C(=O)c1cc(Oc2ccc(C(C)(C)c3ccc(OC4(C)C=CC5=C(C4)C(=O)NC5=O)cc3)cc2)ccc1C(C)=O. The van der Waals surface area contributed by atoms with Crippen molar-refractivity contribution < 1.29 is 28.7 Å². The van der Waals surface area contributed by atoms with Crippen LogP contribution >= 0.6 is 0 Å². The first-order valence-electron chi connectivity index (χ1n) is 14.9. The lowest BCUT2D eigenvalue weighted by atomic mass is 9.78. The van der Waals surface area contributed by atoms with Crippen LogP contribution in [0.2, 0.25) is 0 Å². The van der Waals surface area contributed by atoms with Crippen molar-refractivity contribution in [3.05, 3.63) is 112 Å². The molecule has 0 fully saturated rings. The summed E-state index contributed by atoms with van der Waals surface area (Å²) in [5, 5.41) is 2.34. The minimum absolute atomic E-state index is 0.0646. The highest BCUT2D eigenvalue weighted by Crippen LogP contribution is 2.37. The minimum atomic E-state index is -0.748. The normalized spacial score (nSPS) is 18.5. The Labute approximate surface area is 258 Å². The second-order valence-corrected chi connectivity index (χ2v) is 12.3. The van der Waals surface area contributed by atoms with Crippen molar-refractivity contribution in [3.63, 3.8) is 0 Å². The first kappa shape index (κ1) is 30.7. The summed E-state index contributed by atoms with van der Waals surface area (Å²) in [6, 6.07) is 20.7. The van der Waals surface area contributed by atoms with E-state index in [-0.39, 0.29) is 34.7 Å². The maximum atomic E-state index is 12.9. The standard InChI is InChI=1S/C37H37NO6/c1-7-22(2)33(40)31-20-28(16-17-29(31)23(3)39)43-26-12-8-24(9-13-26)36(4,5)25-10-14-27(15-11-25)44-37(6)19-18-30-32(21-37)35(42)38-34(30)41/h8-20,22H,7,21H2,1-6H3,(H,38,41,42).